The molecule has 1 aromatic rings. The van der Waals surface area contributed by atoms with Crippen LogP contribution >= 0.6 is 0 Å². The minimum absolute atomic E-state index is 0.518. The summed E-state index contributed by atoms with van der Waals surface area (Å²) in [5.74, 6) is 1.92. The largest absolute Gasteiger partial charge is 0.493 e. The van der Waals surface area contributed by atoms with Gasteiger partial charge in [0.1, 0.15) is 0 Å². The van der Waals surface area contributed by atoms with Gasteiger partial charge in [-0.3, -0.25) is 0 Å². The quantitative estimate of drug-likeness (QED) is 0.422. The second-order valence-electron chi connectivity index (χ2n) is 4.42. The maximum atomic E-state index is 10.2. The Hall–Kier alpha value is -1.80. The molecule has 0 unspecified atom stereocenters. The Bertz CT molecular complexity index is 423. The van der Waals surface area contributed by atoms with E-state index in [1.54, 1.807) is 25.3 Å². The molecule has 0 fully saturated rings. The van der Waals surface area contributed by atoms with E-state index in [2.05, 4.69) is 18.8 Å². The van der Waals surface area contributed by atoms with E-state index in [4.69, 9.17) is 9.47 Å². The lowest BCUT2D eigenvalue weighted by atomic mass is 10.1. The van der Waals surface area contributed by atoms with Gasteiger partial charge in [0.2, 0.25) is 6.08 Å². The SMILES string of the molecule is COc1ccc(N=C=O)cc1OCCCC(C)C. The fourth-order valence-electron chi connectivity index (χ4n) is 1.57. The Morgan fingerprint density at radius 3 is 2.72 bits per heavy atom. The van der Waals surface area contributed by atoms with E-state index in [1.165, 1.54) is 6.08 Å². The monoisotopic (exact) mass is 249 g/mol. The number of benzene rings is 1. The summed E-state index contributed by atoms with van der Waals surface area (Å²) in [6.07, 6.45) is 3.62. The van der Waals surface area contributed by atoms with Gasteiger partial charge in [-0.1, -0.05) is 13.8 Å². The average molecular weight is 249 g/mol. The number of hydrogen-bond donors (Lipinski definition) is 0. The van der Waals surface area contributed by atoms with Crippen molar-refractivity contribution in [1.29, 1.82) is 0 Å². The first-order valence-corrected chi connectivity index (χ1v) is 6.06. The van der Waals surface area contributed by atoms with Crippen LogP contribution in [0.15, 0.2) is 23.2 Å². The van der Waals surface area contributed by atoms with E-state index >= 15 is 0 Å². The van der Waals surface area contributed by atoms with Crippen molar-refractivity contribution < 1.29 is 14.3 Å². The summed E-state index contributed by atoms with van der Waals surface area (Å²) in [6, 6.07) is 5.10. The Morgan fingerprint density at radius 2 is 2.11 bits per heavy atom. The lowest BCUT2D eigenvalue weighted by Crippen LogP contribution is -2.01. The lowest BCUT2D eigenvalue weighted by molar-refractivity contribution is 0.280. The molecule has 0 aromatic heterocycles. The highest BCUT2D eigenvalue weighted by Crippen LogP contribution is 2.31. The minimum atomic E-state index is 0.518. The van der Waals surface area contributed by atoms with Gasteiger partial charge in [-0.2, -0.15) is 4.99 Å². The average Bonchev–Trinajstić information content (AvgIpc) is 2.35. The third-order valence-electron chi connectivity index (χ3n) is 2.51. The van der Waals surface area contributed by atoms with Gasteiger partial charge in [-0.25, -0.2) is 4.79 Å². The molecule has 0 amide bonds. The molecular formula is C14H19NO3. The molecule has 0 saturated heterocycles. The predicted octanol–water partition coefficient (Wildman–Crippen LogP) is 3.48. The molecular weight excluding hydrogens is 230 g/mol. The second-order valence-corrected chi connectivity index (χ2v) is 4.42. The zero-order chi connectivity index (χ0) is 13.4. The number of nitrogens with zero attached hydrogens (tertiary/aromatic N) is 1. The summed E-state index contributed by atoms with van der Waals surface area (Å²) in [7, 11) is 1.58. The zero-order valence-electron chi connectivity index (χ0n) is 11.1. The van der Waals surface area contributed by atoms with Crippen LogP contribution in [0.25, 0.3) is 0 Å². The van der Waals surface area contributed by atoms with Crippen molar-refractivity contribution in [1.82, 2.24) is 0 Å². The molecule has 98 valence electrons. The molecule has 0 bridgehead atoms. The first-order chi connectivity index (χ1) is 8.67. The maximum absolute atomic E-state index is 10.2. The molecule has 0 heterocycles. The van der Waals surface area contributed by atoms with Crippen LogP contribution in [0, 0.1) is 5.92 Å². The van der Waals surface area contributed by atoms with Gasteiger partial charge < -0.3 is 9.47 Å². The van der Waals surface area contributed by atoms with E-state index in [9.17, 15) is 4.79 Å². The highest BCUT2D eigenvalue weighted by atomic mass is 16.5. The summed E-state index contributed by atoms with van der Waals surface area (Å²) >= 11 is 0. The summed E-state index contributed by atoms with van der Waals surface area (Å²) in [4.78, 5) is 13.8. The fourth-order valence-corrected chi connectivity index (χ4v) is 1.57. The summed E-state index contributed by atoms with van der Waals surface area (Å²) in [6.45, 7) is 4.99. The van der Waals surface area contributed by atoms with E-state index in [0.29, 0.717) is 29.7 Å². The summed E-state index contributed by atoms with van der Waals surface area (Å²) in [5.41, 5.74) is 0.518. The van der Waals surface area contributed by atoms with Crippen LogP contribution in [0.1, 0.15) is 26.7 Å². The second kappa shape index (κ2) is 7.51. The number of isocyanates is 1. The topological polar surface area (TPSA) is 47.9 Å². The van der Waals surface area contributed by atoms with Gasteiger partial charge in [0.05, 0.1) is 19.4 Å². The van der Waals surface area contributed by atoms with Crippen LogP contribution in [0.3, 0.4) is 0 Å². The van der Waals surface area contributed by atoms with Gasteiger partial charge >= 0.3 is 0 Å². The highest BCUT2D eigenvalue weighted by molar-refractivity contribution is 5.55. The van der Waals surface area contributed by atoms with Crippen LogP contribution in [0.2, 0.25) is 0 Å². The van der Waals surface area contributed by atoms with Gasteiger partial charge in [0.15, 0.2) is 11.5 Å². The molecule has 4 heteroatoms. The van der Waals surface area contributed by atoms with E-state index in [-0.39, 0.29) is 0 Å². The van der Waals surface area contributed by atoms with Crippen molar-refractivity contribution in [3.63, 3.8) is 0 Å². The van der Waals surface area contributed by atoms with E-state index < -0.39 is 0 Å². The van der Waals surface area contributed by atoms with Crippen LogP contribution in [0.4, 0.5) is 5.69 Å². The number of rotatable bonds is 7. The van der Waals surface area contributed by atoms with E-state index in [0.717, 1.165) is 12.8 Å². The number of aliphatic imine (C=N–C) groups is 1. The predicted molar refractivity (Wildman–Crippen MR) is 70.3 cm³/mol. The van der Waals surface area contributed by atoms with E-state index in [1.807, 2.05) is 0 Å². The van der Waals surface area contributed by atoms with Crippen molar-refractivity contribution in [3.05, 3.63) is 18.2 Å². The van der Waals surface area contributed by atoms with Crippen LogP contribution < -0.4 is 9.47 Å². The molecule has 18 heavy (non-hydrogen) atoms. The maximum Gasteiger partial charge on any atom is 0.240 e. The van der Waals surface area contributed by atoms with Crippen molar-refractivity contribution in [3.8, 4) is 11.5 Å². The normalized spacial score (nSPS) is 10.0. The van der Waals surface area contributed by atoms with Crippen molar-refractivity contribution >= 4 is 11.8 Å². The van der Waals surface area contributed by atoms with Crippen molar-refractivity contribution in [2.75, 3.05) is 13.7 Å². The third kappa shape index (κ3) is 4.60. The molecule has 0 spiro atoms. The van der Waals surface area contributed by atoms with Gasteiger partial charge in [-0.15, -0.1) is 0 Å². The van der Waals surface area contributed by atoms with Crippen LogP contribution in [0.5, 0.6) is 11.5 Å². The Kier molecular flexibility index (Phi) is 5.95. The van der Waals surface area contributed by atoms with Crippen molar-refractivity contribution in [2.24, 2.45) is 10.9 Å². The standard InChI is InChI=1S/C14H19NO3/c1-11(2)5-4-8-18-14-9-12(15-10-16)6-7-13(14)17-3/h6-7,9,11H,4-5,8H2,1-3H3. The fraction of sp³-hybridized carbons (Fsp3) is 0.500. The van der Waals surface area contributed by atoms with Gasteiger partial charge in [-0.05, 0) is 30.9 Å². The Morgan fingerprint density at radius 1 is 1.33 bits per heavy atom. The lowest BCUT2D eigenvalue weighted by Gasteiger charge is -2.11. The Balaban J connectivity index is 2.66. The van der Waals surface area contributed by atoms with Gasteiger partial charge in [0.25, 0.3) is 0 Å². The third-order valence-corrected chi connectivity index (χ3v) is 2.51. The summed E-state index contributed by atoms with van der Waals surface area (Å²) in [5, 5.41) is 0. The minimum Gasteiger partial charge on any atom is -0.493 e. The molecule has 0 saturated carbocycles. The molecule has 0 radical (unpaired) electrons. The Labute approximate surface area is 108 Å². The molecule has 0 aliphatic rings. The molecule has 4 nitrogen and oxygen atoms in total. The zero-order valence-corrected chi connectivity index (χ0v) is 11.1. The van der Waals surface area contributed by atoms with Crippen LogP contribution in [-0.4, -0.2) is 19.8 Å². The molecule has 0 N–H and O–H groups in total. The number of hydrogen-bond acceptors (Lipinski definition) is 4. The first kappa shape index (κ1) is 14.3. The summed E-state index contributed by atoms with van der Waals surface area (Å²) < 4.78 is 10.8. The molecule has 1 aromatic carbocycles. The highest BCUT2D eigenvalue weighted by Gasteiger charge is 2.05. The smallest absolute Gasteiger partial charge is 0.240 e. The molecule has 1 rings (SSSR count). The molecule has 0 atom stereocenters. The van der Waals surface area contributed by atoms with Crippen LogP contribution in [-0.2, 0) is 4.79 Å². The molecule has 0 aliphatic carbocycles. The molecule has 0 aliphatic heterocycles. The number of carbonyl (C=O) groups excluding carboxylic acids is 1. The van der Waals surface area contributed by atoms with Crippen molar-refractivity contribution in [2.45, 2.75) is 26.7 Å². The first-order valence-electron chi connectivity index (χ1n) is 6.06. The van der Waals surface area contributed by atoms with Gasteiger partial charge in [0, 0.05) is 6.07 Å². The number of ether oxygens (including phenoxy) is 2. The number of methoxy groups -OCH3 is 1.